The van der Waals surface area contributed by atoms with E-state index in [-0.39, 0.29) is 28.6 Å². The maximum atomic E-state index is 12.8. The molecule has 1 fully saturated rings. The Bertz CT molecular complexity index is 1060. The van der Waals surface area contributed by atoms with Crippen molar-refractivity contribution in [1.29, 1.82) is 0 Å². The molecule has 1 aliphatic carbocycles. The molecular formula is C24H23BrClN3O3. The number of halogens is 2. The SMILES string of the molecule is O=C(Nc1ccc(Br)cc1)c1ccc(CNC2=C(Cl)C(=O)N(C3CCCCC3)C2=O)cc1. The molecular weight excluding hydrogens is 494 g/mol. The predicted molar refractivity (Wildman–Crippen MR) is 127 cm³/mol. The smallest absolute Gasteiger partial charge is 0.278 e. The fraction of sp³-hybridized carbons (Fsp3) is 0.292. The van der Waals surface area contributed by atoms with Crippen molar-refractivity contribution in [3.05, 3.63) is 74.9 Å². The summed E-state index contributed by atoms with van der Waals surface area (Å²) in [6.45, 7) is 0.317. The highest BCUT2D eigenvalue weighted by Crippen LogP contribution is 2.30. The molecule has 1 heterocycles. The van der Waals surface area contributed by atoms with Crippen LogP contribution in [-0.2, 0) is 16.1 Å². The molecule has 0 unspecified atom stereocenters. The molecule has 1 aliphatic heterocycles. The minimum Gasteiger partial charge on any atom is -0.375 e. The van der Waals surface area contributed by atoms with Gasteiger partial charge in [0, 0.05) is 28.3 Å². The zero-order chi connectivity index (χ0) is 22.7. The van der Waals surface area contributed by atoms with Crippen LogP contribution in [0.3, 0.4) is 0 Å². The lowest BCUT2D eigenvalue weighted by Gasteiger charge is -2.29. The molecule has 6 nitrogen and oxygen atoms in total. The molecule has 2 N–H and O–H groups in total. The van der Waals surface area contributed by atoms with Gasteiger partial charge in [-0.25, -0.2) is 0 Å². The second-order valence-corrected chi connectivity index (χ2v) is 9.27. The largest absolute Gasteiger partial charge is 0.375 e. The number of nitrogens with one attached hydrogen (secondary N) is 2. The number of carbonyl (C=O) groups excluding carboxylic acids is 3. The van der Waals surface area contributed by atoms with E-state index in [1.165, 1.54) is 4.90 Å². The molecule has 0 saturated heterocycles. The summed E-state index contributed by atoms with van der Waals surface area (Å²) in [5.41, 5.74) is 2.24. The van der Waals surface area contributed by atoms with Gasteiger partial charge in [-0.2, -0.15) is 0 Å². The maximum absolute atomic E-state index is 12.8. The van der Waals surface area contributed by atoms with Gasteiger partial charge in [0.15, 0.2) is 0 Å². The Labute approximate surface area is 200 Å². The van der Waals surface area contributed by atoms with Crippen molar-refractivity contribution in [1.82, 2.24) is 10.2 Å². The molecule has 4 rings (SSSR count). The van der Waals surface area contributed by atoms with Crippen molar-refractivity contribution in [2.45, 2.75) is 44.7 Å². The number of hydrogen-bond acceptors (Lipinski definition) is 4. The first-order valence-electron chi connectivity index (χ1n) is 10.6. The Kier molecular flexibility index (Phi) is 6.96. The van der Waals surface area contributed by atoms with Crippen molar-refractivity contribution in [3.8, 4) is 0 Å². The first-order chi connectivity index (χ1) is 15.4. The topological polar surface area (TPSA) is 78.5 Å². The minimum absolute atomic E-state index is 0.0499. The minimum atomic E-state index is -0.411. The second kappa shape index (κ2) is 9.88. The second-order valence-electron chi connectivity index (χ2n) is 7.97. The summed E-state index contributed by atoms with van der Waals surface area (Å²) in [5.74, 6) is -0.972. The van der Waals surface area contributed by atoms with E-state index in [0.717, 1.165) is 42.1 Å². The van der Waals surface area contributed by atoms with E-state index in [9.17, 15) is 14.4 Å². The van der Waals surface area contributed by atoms with Crippen molar-refractivity contribution in [2.24, 2.45) is 0 Å². The van der Waals surface area contributed by atoms with E-state index in [2.05, 4.69) is 26.6 Å². The Morgan fingerprint density at radius 1 is 0.969 bits per heavy atom. The number of anilines is 1. The Balaban J connectivity index is 1.36. The Morgan fingerprint density at radius 3 is 2.28 bits per heavy atom. The van der Waals surface area contributed by atoms with Crippen LogP contribution in [-0.4, -0.2) is 28.7 Å². The van der Waals surface area contributed by atoms with E-state index in [1.54, 1.807) is 24.3 Å². The van der Waals surface area contributed by atoms with Crippen LogP contribution < -0.4 is 10.6 Å². The predicted octanol–water partition coefficient (Wildman–Crippen LogP) is 4.94. The van der Waals surface area contributed by atoms with Crippen LogP contribution in [0.4, 0.5) is 5.69 Å². The molecule has 32 heavy (non-hydrogen) atoms. The van der Waals surface area contributed by atoms with Crippen LogP contribution in [0.5, 0.6) is 0 Å². The molecule has 3 amide bonds. The van der Waals surface area contributed by atoms with Gasteiger partial charge < -0.3 is 10.6 Å². The molecule has 2 aromatic carbocycles. The lowest BCUT2D eigenvalue weighted by Crippen LogP contribution is -2.43. The van der Waals surface area contributed by atoms with Gasteiger partial charge in [-0.3, -0.25) is 19.3 Å². The first kappa shape index (κ1) is 22.6. The summed E-state index contributed by atoms with van der Waals surface area (Å²) in [6, 6.07) is 14.3. The zero-order valence-corrected chi connectivity index (χ0v) is 19.7. The molecule has 0 spiro atoms. The first-order valence-corrected chi connectivity index (χ1v) is 11.8. The number of hydrogen-bond donors (Lipinski definition) is 2. The molecule has 2 aromatic rings. The summed E-state index contributed by atoms with van der Waals surface area (Å²) >= 11 is 9.57. The lowest BCUT2D eigenvalue weighted by atomic mass is 9.94. The zero-order valence-electron chi connectivity index (χ0n) is 17.4. The van der Waals surface area contributed by atoms with Crippen LogP contribution in [0.2, 0.25) is 0 Å². The highest BCUT2D eigenvalue weighted by atomic mass is 79.9. The van der Waals surface area contributed by atoms with Crippen LogP contribution in [0, 0.1) is 0 Å². The molecule has 166 valence electrons. The van der Waals surface area contributed by atoms with Gasteiger partial charge in [0.2, 0.25) is 0 Å². The summed E-state index contributed by atoms with van der Waals surface area (Å²) in [6.07, 6.45) is 4.83. The highest BCUT2D eigenvalue weighted by molar-refractivity contribution is 9.10. The standard InChI is InChI=1S/C24H23BrClN3O3/c25-17-10-12-18(13-11-17)28-22(30)16-8-6-15(7-9-16)14-27-21-20(26)23(31)29(24(21)32)19-4-2-1-3-5-19/h6-13,19,27H,1-5,14H2,(H,28,30). The van der Waals surface area contributed by atoms with Gasteiger partial charge in [0.1, 0.15) is 10.7 Å². The number of carbonyl (C=O) groups is 3. The number of rotatable bonds is 6. The highest BCUT2D eigenvalue weighted by Gasteiger charge is 2.41. The average molecular weight is 517 g/mol. The quantitative estimate of drug-likeness (QED) is 0.533. The van der Waals surface area contributed by atoms with Gasteiger partial charge in [-0.05, 0) is 54.8 Å². The van der Waals surface area contributed by atoms with Crippen LogP contribution in [0.25, 0.3) is 0 Å². The van der Waals surface area contributed by atoms with Crippen LogP contribution in [0.15, 0.2) is 63.7 Å². The van der Waals surface area contributed by atoms with E-state index in [1.807, 2.05) is 24.3 Å². The van der Waals surface area contributed by atoms with E-state index < -0.39 is 5.91 Å². The molecule has 0 aromatic heterocycles. The summed E-state index contributed by atoms with van der Waals surface area (Å²) in [5, 5.41) is 5.82. The normalized spacial score (nSPS) is 17.1. The summed E-state index contributed by atoms with van der Waals surface area (Å²) in [7, 11) is 0. The molecule has 8 heteroatoms. The maximum Gasteiger partial charge on any atom is 0.278 e. The fourth-order valence-electron chi connectivity index (χ4n) is 4.04. The molecule has 0 atom stereocenters. The number of imide groups is 1. The van der Waals surface area contributed by atoms with Gasteiger partial charge in [0.05, 0.1) is 0 Å². The third-order valence-electron chi connectivity index (χ3n) is 5.79. The van der Waals surface area contributed by atoms with Crippen LogP contribution >= 0.6 is 27.5 Å². The van der Waals surface area contributed by atoms with E-state index in [0.29, 0.717) is 17.8 Å². The fourth-order valence-corrected chi connectivity index (χ4v) is 4.55. The van der Waals surface area contributed by atoms with Crippen molar-refractivity contribution >= 4 is 50.9 Å². The lowest BCUT2D eigenvalue weighted by molar-refractivity contribution is -0.140. The van der Waals surface area contributed by atoms with Gasteiger partial charge >= 0.3 is 0 Å². The molecule has 0 radical (unpaired) electrons. The summed E-state index contributed by atoms with van der Waals surface area (Å²) in [4.78, 5) is 39.1. The average Bonchev–Trinajstić information content (AvgIpc) is 3.02. The Hall–Kier alpha value is -2.64. The van der Waals surface area contributed by atoms with Crippen molar-refractivity contribution in [3.63, 3.8) is 0 Å². The number of amides is 3. The van der Waals surface area contributed by atoms with E-state index >= 15 is 0 Å². The number of nitrogens with zero attached hydrogens (tertiary/aromatic N) is 1. The Morgan fingerprint density at radius 2 is 1.62 bits per heavy atom. The van der Waals surface area contributed by atoms with Gasteiger partial charge in [0.25, 0.3) is 17.7 Å². The molecule has 1 saturated carbocycles. The van der Waals surface area contributed by atoms with Crippen LogP contribution in [0.1, 0.15) is 48.0 Å². The van der Waals surface area contributed by atoms with Crippen molar-refractivity contribution in [2.75, 3.05) is 5.32 Å². The van der Waals surface area contributed by atoms with Crippen molar-refractivity contribution < 1.29 is 14.4 Å². The third-order valence-corrected chi connectivity index (χ3v) is 6.67. The molecule has 0 bridgehead atoms. The summed E-state index contributed by atoms with van der Waals surface area (Å²) < 4.78 is 0.937. The van der Waals surface area contributed by atoms with Gasteiger partial charge in [-0.15, -0.1) is 0 Å². The third kappa shape index (κ3) is 4.89. The van der Waals surface area contributed by atoms with E-state index in [4.69, 9.17) is 11.6 Å². The number of benzene rings is 2. The van der Waals surface area contributed by atoms with Gasteiger partial charge in [-0.1, -0.05) is 58.9 Å². The molecule has 2 aliphatic rings. The monoisotopic (exact) mass is 515 g/mol.